The Morgan fingerprint density at radius 3 is 2.55 bits per heavy atom. The van der Waals surface area contributed by atoms with E-state index >= 15 is 0 Å². The molecular formula is C26H25FN2O2. The molecular weight excluding hydrogens is 391 g/mol. The maximum absolute atomic E-state index is 14.7. The summed E-state index contributed by atoms with van der Waals surface area (Å²) in [7, 11) is 0. The molecule has 0 aliphatic carbocycles. The van der Waals surface area contributed by atoms with Crippen LogP contribution in [0.25, 0.3) is 11.1 Å². The van der Waals surface area contributed by atoms with Crippen LogP contribution in [0.5, 0.6) is 0 Å². The monoisotopic (exact) mass is 416 g/mol. The molecule has 1 fully saturated rings. The third-order valence-electron chi connectivity index (χ3n) is 5.86. The average molecular weight is 416 g/mol. The van der Waals surface area contributed by atoms with Gasteiger partial charge in [-0.15, -0.1) is 0 Å². The molecule has 1 aliphatic heterocycles. The van der Waals surface area contributed by atoms with Gasteiger partial charge >= 0.3 is 0 Å². The number of hydrogen-bond acceptors (Lipinski definition) is 3. The number of carbonyl (C=O) groups excluding carboxylic acids is 2. The average Bonchev–Trinajstić information content (AvgIpc) is 2.83. The number of amides is 1. The summed E-state index contributed by atoms with van der Waals surface area (Å²) in [6.07, 6.45) is 6.00. The molecule has 1 atom stereocenters. The number of carbonyl (C=O) groups is 2. The zero-order chi connectivity index (χ0) is 21.6. The number of hydrogen-bond donors (Lipinski definition) is 0. The second-order valence-electron chi connectivity index (χ2n) is 7.96. The van der Waals surface area contributed by atoms with Crippen molar-refractivity contribution in [2.24, 2.45) is 5.92 Å². The summed E-state index contributed by atoms with van der Waals surface area (Å²) in [5.41, 5.74) is 2.70. The molecule has 4 rings (SSSR count). The van der Waals surface area contributed by atoms with Crippen molar-refractivity contribution in [1.29, 1.82) is 0 Å². The lowest BCUT2D eigenvalue weighted by Crippen LogP contribution is -2.42. The summed E-state index contributed by atoms with van der Waals surface area (Å²) in [4.78, 5) is 31.5. The van der Waals surface area contributed by atoms with Gasteiger partial charge in [0.1, 0.15) is 5.82 Å². The van der Waals surface area contributed by atoms with Crippen LogP contribution < -0.4 is 0 Å². The van der Waals surface area contributed by atoms with Crippen LogP contribution >= 0.6 is 0 Å². The first kappa shape index (κ1) is 20.9. The number of Topliss-reactive ketones (excluding diaryl/α,β-unsaturated/α-hetero) is 1. The number of likely N-dealkylation sites (tertiary alicyclic amines) is 1. The maximum atomic E-state index is 14.7. The van der Waals surface area contributed by atoms with Crippen LogP contribution in [0, 0.1) is 11.7 Å². The fraction of sp³-hybridized carbons (Fsp3) is 0.269. The third-order valence-corrected chi connectivity index (χ3v) is 5.86. The molecule has 2 aromatic carbocycles. The highest BCUT2D eigenvalue weighted by atomic mass is 19.1. The van der Waals surface area contributed by atoms with Gasteiger partial charge in [0, 0.05) is 48.9 Å². The third kappa shape index (κ3) is 5.05. The number of nitrogens with zero attached hydrogens (tertiary/aromatic N) is 2. The summed E-state index contributed by atoms with van der Waals surface area (Å²) in [6, 6.07) is 17.8. The van der Waals surface area contributed by atoms with Gasteiger partial charge in [0.15, 0.2) is 5.78 Å². The Morgan fingerprint density at radius 2 is 1.81 bits per heavy atom. The van der Waals surface area contributed by atoms with Crippen LogP contribution in [0.1, 0.15) is 35.2 Å². The molecule has 0 spiro atoms. The summed E-state index contributed by atoms with van der Waals surface area (Å²) < 4.78 is 14.7. The van der Waals surface area contributed by atoms with E-state index in [4.69, 9.17) is 0 Å². The maximum Gasteiger partial charge on any atom is 0.222 e. The van der Waals surface area contributed by atoms with Crippen molar-refractivity contribution in [2.45, 2.75) is 25.7 Å². The van der Waals surface area contributed by atoms with Crippen molar-refractivity contribution in [1.82, 2.24) is 9.88 Å². The zero-order valence-corrected chi connectivity index (χ0v) is 17.3. The summed E-state index contributed by atoms with van der Waals surface area (Å²) in [6.45, 7) is 1.07. The van der Waals surface area contributed by atoms with Crippen LogP contribution in [-0.4, -0.2) is 34.7 Å². The second-order valence-corrected chi connectivity index (χ2v) is 7.96. The minimum Gasteiger partial charge on any atom is -0.342 e. The molecule has 4 nitrogen and oxygen atoms in total. The van der Waals surface area contributed by atoms with E-state index in [0.29, 0.717) is 37.1 Å². The number of piperidine rings is 1. The Labute approximate surface area is 181 Å². The van der Waals surface area contributed by atoms with Gasteiger partial charge in [-0.05, 0) is 48.6 Å². The minimum absolute atomic E-state index is 0.0555. The number of aromatic nitrogens is 1. The first-order valence-corrected chi connectivity index (χ1v) is 10.7. The summed E-state index contributed by atoms with van der Waals surface area (Å²) in [5.74, 6) is -0.733. The van der Waals surface area contributed by atoms with E-state index in [1.807, 2.05) is 42.5 Å². The molecule has 0 radical (unpaired) electrons. The Morgan fingerprint density at radius 1 is 1.03 bits per heavy atom. The Kier molecular flexibility index (Phi) is 6.51. The predicted molar refractivity (Wildman–Crippen MR) is 118 cm³/mol. The van der Waals surface area contributed by atoms with Crippen molar-refractivity contribution < 1.29 is 14.0 Å². The van der Waals surface area contributed by atoms with Crippen molar-refractivity contribution in [2.75, 3.05) is 13.1 Å². The van der Waals surface area contributed by atoms with Crippen molar-refractivity contribution >= 4 is 11.7 Å². The quantitative estimate of drug-likeness (QED) is 0.535. The normalized spacial score (nSPS) is 16.2. The standard InChI is InChI=1S/C26H25FN2O2/c27-24-17-21(9-10-23(24)20-5-2-1-3-6-20)26(31)22-7-4-16-29(18-22)25(30)11-8-19-12-14-28-15-13-19/h1-3,5-6,9-10,12-15,17,22H,4,7-8,11,16,18H2. The molecule has 1 amide bonds. The molecule has 1 aliphatic rings. The summed E-state index contributed by atoms with van der Waals surface area (Å²) in [5, 5.41) is 0. The van der Waals surface area contributed by atoms with Crippen LogP contribution in [0.2, 0.25) is 0 Å². The van der Waals surface area contributed by atoms with E-state index < -0.39 is 5.82 Å². The number of pyridine rings is 1. The molecule has 31 heavy (non-hydrogen) atoms. The fourth-order valence-electron chi connectivity index (χ4n) is 4.13. The van der Waals surface area contributed by atoms with E-state index in [1.165, 1.54) is 6.07 Å². The molecule has 0 saturated carbocycles. The van der Waals surface area contributed by atoms with Crippen molar-refractivity contribution in [3.8, 4) is 11.1 Å². The second kappa shape index (κ2) is 9.65. The fourth-order valence-corrected chi connectivity index (χ4v) is 4.13. The molecule has 1 aromatic heterocycles. The number of halogens is 1. The topological polar surface area (TPSA) is 50.3 Å². The van der Waals surface area contributed by atoms with Crippen LogP contribution in [0.15, 0.2) is 73.1 Å². The molecule has 2 heterocycles. The lowest BCUT2D eigenvalue weighted by molar-refractivity contribution is -0.132. The largest absolute Gasteiger partial charge is 0.342 e. The molecule has 3 aromatic rings. The van der Waals surface area contributed by atoms with Gasteiger partial charge in [0.25, 0.3) is 0 Å². The highest BCUT2D eigenvalue weighted by Crippen LogP contribution is 2.26. The van der Waals surface area contributed by atoms with Gasteiger partial charge in [-0.2, -0.15) is 0 Å². The summed E-state index contributed by atoms with van der Waals surface area (Å²) >= 11 is 0. The lowest BCUT2D eigenvalue weighted by Gasteiger charge is -2.32. The van der Waals surface area contributed by atoms with Gasteiger partial charge in [0.05, 0.1) is 0 Å². The molecule has 1 unspecified atom stereocenters. The number of ketones is 1. The van der Waals surface area contributed by atoms with Crippen molar-refractivity contribution in [3.63, 3.8) is 0 Å². The van der Waals surface area contributed by atoms with Crippen molar-refractivity contribution in [3.05, 3.63) is 90.0 Å². The van der Waals surface area contributed by atoms with Crippen LogP contribution in [0.3, 0.4) is 0 Å². The molecule has 158 valence electrons. The van der Waals surface area contributed by atoms with Gasteiger partial charge in [-0.25, -0.2) is 4.39 Å². The van der Waals surface area contributed by atoms with Gasteiger partial charge in [-0.1, -0.05) is 42.5 Å². The van der Waals surface area contributed by atoms with Gasteiger partial charge < -0.3 is 4.90 Å². The Balaban J connectivity index is 1.40. The van der Waals surface area contributed by atoms with Crippen LogP contribution in [0.4, 0.5) is 4.39 Å². The van der Waals surface area contributed by atoms with Crippen LogP contribution in [-0.2, 0) is 11.2 Å². The van der Waals surface area contributed by atoms with E-state index in [0.717, 1.165) is 24.0 Å². The van der Waals surface area contributed by atoms with E-state index in [-0.39, 0.29) is 17.6 Å². The zero-order valence-electron chi connectivity index (χ0n) is 17.3. The Bertz CT molecular complexity index is 1050. The first-order chi connectivity index (χ1) is 15.1. The predicted octanol–water partition coefficient (Wildman–Crippen LogP) is 4.94. The Hall–Kier alpha value is -3.34. The van der Waals surface area contributed by atoms with E-state index in [9.17, 15) is 14.0 Å². The van der Waals surface area contributed by atoms with E-state index in [2.05, 4.69) is 4.98 Å². The molecule has 0 bridgehead atoms. The van der Waals surface area contributed by atoms with Gasteiger partial charge in [0.2, 0.25) is 5.91 Å². The molecule has 1 saturated heterocycles. The van der Waals surface area contributed by atoms with E-state index in [1.54, 1.807) is 29.4 Å². The van der Waals surface area contributed by atoms with Gasteiger partial charge in [-0.3, -0.25) is 14.6 Å². The number of aryl methyl sites for hydroxylation is 1. The molecule has 0 N–H and O–H groups in total. The number of benzene rings is 2. The molecule has 5 heteroatoms. The number of rotatable bonds is 6. The minimum atomic E-state index is -0.404. The smallest absolute Gasteiger partial charge is 0.222 e. The SMILES string of the molecule is O=C(c1ccc(-c2ccccc2)c(F)c1)C1CCCN(C(=O)CCc2ccncc2)C1. The lowest BCUT2D eigenvalue weighted by atomic mass is 9.89. The highest BCUT2D eigenvalue weighted by Gasteiger charge is 2.29. The highest BCUT2D eigenvalue weighted by molar-refractivity contribution is 5.98. The first-order valence-electron chi connectivity index (χ1n) is 10.7.